The fourth-order valence-electron chi connectivity index (χ4n) is 1.85. The first-order valence-electron chi connectivity index (χ1n) is 6.82. The van der Waals surface area contributed by atoms with Crippen LogP contribution >= 0.6 is 0 Å². The number of hydrogen-bond acceptors (Lipinski definition) is 3. The van der Waals surface area contributed by atoms with E-state index in [0.717, 1.165) is 16.9 Å². The van der Waals surface area contributed by atoms with E-state index in [-0.39, 0.29) is 5.91 Å². The second-order valence-electron chi connectivity index (χ2n) is 4.57. The Morgan fingerprint density at radius 1 is 1.24 bits per heavy atom. The number of nitrogens with one attached hydrogen (secondary N) is 1. The molecule has 0 aromatic heterocycles. The van der Waals surface area contributed by atoms with Gasteiger partial charge in [-0.2, -0.15) is 5.10 Å². The SMILES string of the molecule is CCOc1ccc(C(=O)N/N=C/c2cccc(C)c2)cc1. The topological polar surface area (TPSA) is 50.7 Å². The zero-order chi connectivity index (χ0) is 15.1. The number of hydrogen-bond donors (Lipinski definition) is 1. The van der Waals surface area contributed by atoms with Crippen molar-refractivity contribution in [1.29, 1.82) is 0 Å². The molecule has 0 atom stereocenters. The standard InChI is InChI=1S/C17H18N2O2/c1-3-21-16-9-7-15(8-10-16)17(20)19-18-12-14-6-4-5-13(2)11-14/h4-12H,3H2,1-2H3,(H,19,20)/b18-12+. The van der Waals surface area contributed by atoms with Crippen molar-refractivity contribution in [2.75, 3.05) is 6.61 Å². The minimum atomic E-state index is -0.248. The summed E-state index contributed by atoms with van der Waals surface area (Å²) in [4.78, 5) is 11.9. The van der Waals surface area contributed by atoms with E-state index in [9.17, 15) is 4.79 Å². The first-order valence-corrected chi connectivity index (χ1v) is 6.82. The number of aryl methyl sites for hydroxylation is 1. The first-order chi connectivity index (χ1) is 10.2. The lowest BCUT2D eigenvalue weighted by Gasteiger charge is -2.04. The molecule has 2 rings (SSSR count). The Bertz CT molecular complexity index is 633. The average Bonchev–Trinajstić information content (AvgIpc) is 2.48. The van der Waals surface area contributed by atoms with Gasteiger partial charge in [-0.1, -0.05) is 29.8 Å². The molecule has 108 valence electrons. The molecule has 0 unspecified atom stereocenters. The van der Waals surface area contributed by atoms with Gasteiger partial charge in [-0.15, -0.1) is 0 Å². The average molecular weight is 282 g/mol. The van der Waals surface area contributed by atoms with E-state index in [4.69, 9.17) is 4.74 Å². The molecule has 0 saturated carbocycles. The third kappa shape index (κ3) is 4.45. The molecule has 0 radical (unpaired) electrons. The first kappa shape index (κ1) is 14.8. The molecule has 4 nitrogen and oxygen atoms in total. The van der Waals surface area contributed by atoms with E-state index in [1.165, 1.54) is 0 Å². The molecule has 2 aromatic rings. The van der Waals surface area contributed by atoms with Gasteiger partial charge in [-0.3, -0.25) is 4.79 Å². The van der Waals surface area contributed by atoms with Crippen LogP contribution in [0.2, 0.25) is 0 Å². The van der Waals surface area contributed by atoms with Crippen molar-refractivity contribution >= 4 is 12.1 Å². The van der Waals surface area contributed by atoms with Gasteiger partial charge in [0, 0.05) is 5.56 Å². The molecule has 0 fully saturated rings. The maximum atomic E-state index is 11.9. The van der Waals surface area contributed by atoms with Gasteiger partial charge in [0.15, 0.2) is 0 Å². The Kier molecular flexibility index (Phi) is 5.10. The van der Waals surface area contributed by atoms with Crippen LogP contribution in [0.4, 0.5) is 0 Å². The van der Waals surface area contributed by atoms with Gasteiger partial charge < -0.3 is 4.74 Å². The molecular formula is C17H18N2O2. The van der Waals surface area contributed by atoms with E-state index >= 15 is 0 Å². The van der Waals surface area contributed by atoms with Crippen molar-refractivity contribution in [3.63, 3.8) is 0 Å². The summed E-state index contributed by atoms with van der Waals surface area (Å²) < 4.78 is 5.33. The Morgan fingerprint density at radius 3 is 2.67 bits per heavy atom. The summed E-state index contributed by atoms with van der Waals surface area (Å²) in [6.07, 6.45) is 1.62. The van der Waals surface area contributed by atoms with Crippen molar-refractivity contribution in [3.05, 3.63) is 65.2 Å². The van der Waals surface area contributed by atoms with Crippen LogP contribution in [-0.4, -0.2) is 18.7 Å². The van der Waals surface area contributed by atoms with Crippen LogP contribution in [0.3, 0.4) is 0 Å². The number of amides is 1. The predicted octanol–water partition coefficient (Wildman–Crippen LogP) is 3.16. The number of hydrazone groups is 1. The lowest BCUT2D eigenvalue weighted by Crippen LogP contribution is -2.17. The smallest absolute Gasteiger partial charge is 0.271 e. The predicted molar refractivity (Wildman–Crippen MR) is 83.9 cm³/mol. The van der Waals surface area contributed by atoms with E-state index in [1.54, 1.807) is 30.5 Å². The van der Waals surface area contributed by atoms with Crippen molar-refractivity contribution in [2.45, 2.75) is 13.8 Å². The molecule has 1 amide bonds. The highest BCUT2D eigenvalue weighted by Crippen LogP contribution is 2.11. The van der Waals surface area contributed by atoms with Gasteiger partial charge in [0.05, 0.1) is 12.8 Å². The van der Waals surface area contributed by atoms with Gasteiger partial charge in [0.25, 0.3) is 5.91 Å². The summed E-state index contributed by atoms with van der Waals surface area (Å²) in [7, 11) is 0. The Labute approximate surface area is 124 Å². The summed E-state index contributed by atoms with van der Waals surface area (Å²) in [5.74, 6) is 0.499. The van der Waals surface area contributed by atoms with E-state index in [0.29, 0.717) is 12.2 Å². The fourth-order valence-corrected chi connectivity index (χ4v) is 1.85. The number of carbonyl (C=O) groups is 1. The fraction of sp³-hybridized carbons (Fsp3) is 0.176. The highest BCUT2D eigenvalue weighted by Gasteiger charge is 2.03. The van der Waals surface area contributed by atoms with E-state index < -0.39 is 0 Å². The minimum Gasteiger partial charge on any atom is -0.494 e. The quantitative estimate of drug-likeness (QED) is 0.676. The highest BCUT2D eigenvalue weighted by atomic mass is 16.5. The molecule has 21 heavy (non-hydrogen) atoms. The number of rotatable bonds is 5. The minimum absolute atomic E-state index is 0.248. The summed E-state index contributed by atoms with van der Waals surface area (Å²) in [6, 6.07) is 14.8. The Balaban J connectivity index is 1.95. The maximum Gasteiger partial charge on any atom is 0.271 e. The third-order valence-corrected chi connectivity index (χ3v) is 2.85. The van der Waals surface area contributed by atoms with Crippen molar-refractivity contribution in [3.8, 4) is 5.75 Å². The van der Waals surface area contributed by atoms with Gasteiger partial charge in [0.2, 0.25) is 0 Å². The molecule has 0 heterocycles. The van der Waals surface area contributed by atoms with Crippen molar-refractivity contribution in [1.82, 2.24) is 5.43 Å². The van der Waals surface area contributed by atoms with Crippen LogP contribution in [0.25, 0.3) is 0 Å². The lowest BCUT2D eigenvalue weighted by molar-refractivity contribution is 0.0955. The molecule has 1 N–H and O–H groups in total. The second kappa shape index (κ2) is 7.24. The molecular weight excluding hydrogens is 264 g/mol. The maximum absolute atomic E-state index is 11.9. The normalized spacial score (nSPS) is 10.6. The van der Waals surface area contributed by atoms with Crippen LogP contribution in [0, 0.1) is 6.92 Å². The highest BCUT2D eigenvalue weighted by molar-refractivity contribution is 5.95. The van der Waals surface area contributed by atoms with Gasteiger partial charge >= 0.3 is 0 Å². The van der Waals surface area contributed by atoms with Crippen LogP contribution in [0.15, 0.2) is 53.6 Å². The van der Waals surface area contributed by atoms with Crippen LogP contribution < -0.4 is 10.2 Å². The number of nitrogens with zero attached hydrogens (tertiary/aromatic N) is 1. The van der Waals surface area contributed by atoms with E-state index in [1.807, 2.05) is 38.1 Å². The summed E-state index contributed by atoms with van der Waals surface area (Å²) in [5.41, 5.74) is 5.15. The number of ether oxygens (including phenoxy) is 1. The van der Waals surface area contributed by atoms with Crippen molar-refractivity contribution in [2.24, 2.45) is 5.10 Å². The Morgan fingerprint density at radius 2 is 2.00 bits per heavy atom. The van der Waals surface area contributed by atoms with Crippen LogP contribution in [0.1, 0.15) is 28.4 Å². The van der Waals surface area contributed by atoms with Gasteiger partial charge in [-0.05, 0) is 43.7 Å². The van der Waals surface area contributed by atoms with Gasteiger partial charge in [-0.25, -0.2) is 5.43 Å². The van der Waals surface area contributed by atoms with E-state index in [2.05, 4.69) is 10.5 Å². The monoisotopic (exact) mass is 282 g/mol. The molecule has 2 aromatic carbocycles. The van der Waals surface area contributed by atoms with Gasteiger partial charge in [0.1, 0.15) is 5.75 Å². The third-order valence-electron chi connectivity index (χ3n) is 2.85. The molecule has 0 aliphatic carbocycles. The zero-order valence-corrected chi connectivity index (χ0v) is 12.2. The summed E-state index contributed by atoms with van der Waals surface area (Å²) in [6.45, 7) is 4.53. The van der Waals surface area contributed by atoms with Crippen molar-refractivity contribution < 1.29 is 9.53 Å². The number of carbonyl (C=O) groups excluding carboxylic acids is 1. The molecule has 0 aliphatic heterocycles. The Hall–Kier alpha value is -2.62. The molecule has 0 bridgehead atoms. The molecule has 0 spiro atoms. The molecule has 0 saturated heterocycles. The second-order valence-corrected chi connectivity index (χ2v) is 4.57. The van der Waals surface area contributed by atoms with Crippen LogP contribution in [-0.2, 0) is 0 Å². The summed E-state index contributed by atoms with van der Waals surface area (Å²) in [5, 5.41) is 3.96. The lowest BCUT2D eigenvalue weighted by atomic mass is 10.2. The molecule has 4 heteroatoms. The molecule has 0 aliphatic rings. The van der Waals surface area contributed by atoms with Crippen LogP contribution in [0.5, 0.6) is 5.75 Å². The largest absolute Gasteiger partial charge is 0.494 e. The number of benzene rings is 2. The zero-order valence-electron chi connectivity index (χ0n) is 12.2. The summed E-state index contributed by atoms with van der Waals surface area (Å²) >= 11 is 0.